The van der Waals surface area contributed by atoms with Crippen LogP contribution in [0.4, 0.5) is 0 Å². The predicted molar refractivity (Wildman–Crippen MR) is 63.9 cm³/mol. The lowest BCUT2D eigenvalue weighted by atomic mass is 10.0. The van der Waals surface area contributed by atoms with Crippen molar-refractivity contribution in [3.8, 4) is 0 Å². The van der Waals surface area contributed by atoms with Crippen molar-refractivity contribution in [3.05, 3.63) is 0 Å². The molecule has 0 bridgehead atoms. The number of rotatable bonds is 9. The van der Waals surface area contributed by atoms with Crippen LogP contribution in [0.5, 0.6) is 0 Å². The molecule has 15 heavy (non-hydrogen) atoms. The highest BCUT2D eigenvalue weighted by Gasteiger charge is 2.41. The quantitative estimate of drug-likeness (QED) is 0.572. The lowest BCUT2D eigenvalue weighted by Crippen LogP contribution is -2.30. The highest BCUT2D eigenvalue weighted by molar-refractivity contribution is 4.94. The van der Waals surface area contributed by atoms with E-state index in [4.69, 9.17) is 10.5 Å². The molecule has 0 aliphatic heterocycles. The molecule has 0 aromatic carbocycles. The first-order valence-electron chi connectivity index (χ1n) is 6.18. The highest BCUT2D eigenvalue weighted by atomic mass is 16.5. The van der Waals surface area contributed by atoms with Gasteiger partial charge in [0.15, 0.2) is 0 Å². The van der Waals surface area contributed by atoms with Crippen LogP contribution in [0.2, 0.25) is 0 Å². The van der Waals surface area contributed by atoms with Gasteiger partial charge >= 0.3 is 0 Å². The van der Waals surface area contributed by atoms with Gasteiger partial charge < -0.3 is 15.8 Å². The molecule has 0 radical (unpaired) electrons. The van der Waals surface area contributed by atoms with E-state index < -0.39 is 0 Å². The van der Waals surface area contributed by atoms with E-state index in [2.05, 4.69) is 12.2 Å². The third-order valence-electron chi connectivity index (χ3n) is 3.51. The summed E-state index contributed by atoms with van der Waals surface area (Å²) in [6.45, 7) is 5.25. The molecule has 1 saturated carbocycles. The fourth-order valence-electron chi connectivity index (χ4n) is 1.86. The van der Waals surface area contributed by atoms with Gasteiger partial charge in [-0.3, -0.25) is 0 Å². The Kier molecular flexibility index (Phi) is 5.58. The van der Waals surface area contributed by atoms with E-state index >= 15 is 0 Å². The summed E-state index contributed by atoms with van der Waals surface area (Å²) in [5, 5.41) is 3.53. The van der Waals surface area contributed by atoms with Gasteiger partial charge in [-0.2, -0.15) is 0 Å². The van der Waals surface area contributed by atoms with Crippen LogP contribution in [0.1, 0.15) is 39.0 Å². The van der Waals surface area contributed by atoms with Crippen LogP contribution < -0.4 is 11.1 Å². The molecular weight excluding hydrogens is 188 g/mol. The zero-order chi connectivity index (χ0) is 11.1. The Morgan fingerprint density at radius 3 is 2.73 bits per heavy atom. The fourth-order valence-corrected chi connectivity index (χ4v) is 1.86. The first kappa shape index (κ1) is 12.9. The molecule has 1 unspecified atom stereocenters. The molecule has 1 rings (SSSR count). The number of hydrogen-bond donors (Lipinski definition) is 2. The van der Waals surface area contributed by atoms with Gasteiger partial charge in [-0.25, -0.2) is 0 Å². The summed E-state index contributed by atoms with van der Waals surface area (Å²) >= 11 is 0. The first-order chi connectivity index (χ1) is 7.22. The number of methoxy groups -OCH3 is 1. The first-order valence-corrected chi connectivity index (χ1v) is 6.18. The molecule has 0 aromatic rings. The molecule has 0 amide bonds. The molecule has 0 spiro atoms. The molecular formula is C12H26N2O. The largest absolute Gasteiger partial charge is 0.385 e. The second kappa shape index (κ2) is 6.46. The number of hydrogen-bond acceptors (Lipinski definition) is 3. The van der Waals surface area contributed by atoms with Crippen LogP contribution in [0.15, 0.2) is 0 Å². The van der Waals surface area contributed by atoms with Crippen LogP contribution in [0, 0.1) is 5.41 Å². The van der Waals surface area contributed by atoms with Crippen LogP contribution >= 0.6 is 0 Å². The van der Waals surface area contributed by atoms with Crippen LogP contribution in [-0.2, 0) is 4.74 Å². The predicted octanol–water partition coefficient (Wildman–Crippen LogP) is 1.52. The van der Waals surface area contributed by atoms with E-state index in [1.165, 1.54) is 19.3 Å². The summed E-state index contributed by atoms with van der Waals surface area (Å²) in [4.78, 5) is 0. The molecule has 1 aliphatic rings. The second-order valence-electron chi connectivity index (χ2n) is 4.88. The van der Waals surface area contributed by atoms with Gasteiger partial charge in [0.05, 0.1) is 0 Å². The van der Waals surface area contributed by atoms with Crippen molar-refractivity contribution < 1.29 is 4.74 Å². The van der Waals surface area contributed by atoms with Crippen molar-refractivity contribution in [1.82, 2.24) is 5.32 Å². The van der Waals surface area contributed by atoms with Crippen molar-refractivity contribution in [2.75, 3.05) is 26.8 Å². The van der Waals surface area contributed by atoms with Crippen molar-refractivity contribution in [3.63, 3.8) is 0 Å². The summed E-state index contributed by atoms with van der Waals surface area (Å²) in [5.74, 6) is 0. The van der Waals surface area contributed by atoms with Crippen LogP contribution in [0.25, 0.3) is 0 Å². The Balaban J connectivity index is 1.99. The van der Waals surface area contributed by atoms with Gasteiger partial charge in [0.25, 0.3) is 0 Å². The molecule has 3 nitrogen and oxygen atoms in total. The summed E-state index contributed by atoms with van der Waals surface area (Å²) in [6, 6.07) is 0.367. The lowest BCUT2D eigenvalue weighted by molar-refractivity contribution is 0.171. The molecule has 1 atom stereocenters. The minimum absolute atomic E-state index is 0.367. The Hall–Kier alpha value is -0.120. The van der Waals surface area contributed by atoms with Gasteiger partial charge in [0.2, 0.25) is 0 Å². The monoisotopic (exact) mass is 214 g/mol. The normalized spacial score (nSPS) is 20.2. The van der Waals surface area contributed by atoms with Crippen molar-refractivity contribution in [1.29, 1.82) is 0 Å². The smallest absolute Gasteiger partial charge is 0.0468 e. The minimum atomic E-state index is 0.367. The molecule has 1 fully saturated rings. The van der Waals surface area contributed by atoms with E-state index in [1.807, 2.05) is 0 Å². The average molecular weight is 214 g/mol. The molecule has 1 aliphatic carbocycles. The topological polar surface area (TPSA) is 47.3 Å². The van der Waals surface area contributed by atoms with E-state index in [0.717, 1.165) is 32.5 Å². The molecule has 0 heterocycles. The van der Waals surface area contributed by atoms with E-state index in [9.17, 15) is 0 Å². The molecule has 0 saturated heterocycles. The Bertz CT molecular complexity index is 169. The molecule has 3 heteroatoms. The summed E-state index contributed by atoms with van der Waals surface area (Å²) < 4.78 is 5.13. The number of nitrogens with one attached hydrogen (secondary N) is 1. The number of ether oxygens (including phenoxy) is 1. The highest BCUT2D eigenvalue weighted by Crippen LogP contribution is 2.48. The molecule has 90 valence electrons. The summed E-state index contributed by atoms with van der Waals surface area (Å²) in [7, 11) is 1.78. The summed E-state index contributed by atoms with van der Waals surface area (Å²) in [6.07, 6.45) is 6.11. The maximum absolute atomic E-state index is 5.86. The Morgan fingerprint density at radius 2 is 2.20 bits per heavy atom. The van der Waals surface area contributed by atoms with Crippen molar-refractivity contribution >= 4 is 0 Å². The maximum atomic E-state index is 5.86. The summed E-state index contributed by atoms with van der Waals surface area (Å²) in [5.41, 5.74) is 6.42. The van der Waals surface area contributed by atoms with E-state index in [1.54, 1.807) is 7.11 Å². The SMILES string of the molecule is CCC(N)CCNCC1(CCOC)CC1. The zero-order valence-electron chi connectivity index (χ0n) is 10.2. The van der Waals surface area contributed by atoms with E-state index in [-0.39, 0.29) is 0 Å². The van der Waals surface area contributed by atoms with Gasteiger partial charge in [-0.1, -0.05) is 6.92 Å². The Morgan fingerprint density at radius 1 is 1.47 bits per heavy atom. The molecule has 0 aromatic heterocycles. The fraction of sp³-hybridized carbons (Fsp3) is 1.00. The van der Waals surface area contributed by atoms with Gasteiger partial charge in [0.1, 0.15) is 0 Å². The number of nitrogens with two attached hydrogens (primary N) is 1. The van der Waals surface area contributed by atoms with Gasteiger partial charge in [-0.15, -0.1) is 0 Å². The second-order valence-corrected chi connectivity index (χ2v) is 4.88. The Labute approximate surface area is 93.8 Å². The standard InChI is InChI=1S/C12H26N2O/c1-3-11(13)4-8-14-10-12(5-6-12)7-9-15-2/h11,14H,3-10,13H2,1-2H3. The zero-order valence-corrected chi connectivity index (χ0v) is 10.2. The van der Waals surface area contributed by atoms with E-state index in [0.29, 0.717) is 11.5 Å². The third-order valence-corrected chi connectivity index (χ3v) is 3.51. The lowest BCUT2D eigenvalue weighted by Gasteiger charge is -2.16. The van der Waals surface area contributed by atoms with Gasteiger partial charge in [0, 0.05) is 26.3 Å². The van der Waals surface area contributed by atoms with Crippen LogP contribution in [-0.4, -0.2) is 32.8 Å². The van der Waals surface area contributed by atoms with Crippen molar-refractivity contribution in [2.45, 2.75) is 45.1 Å². The van der Waals surface area contributed by atoms with Crippen molar-refractivity contribution in [2.24, 2.45) is 11.1 Å². The van der Waals surface area contributed by atoms with Gasteiger partial charge in [-0.05, 0) is 44.1 Å². The van der Waals surface area contributed by atoms with Crippen LogP contribution in [0.3, 0.4) is 0 Å². The molecule has 3 N–H and O–H groups in total. The minimum Gasteiger partial charge on any atom is -0.385 e. The average Bonchev–Trinajstić information content (AvgIpc) is 3.02. The third kappa shape index (κ3) is 4.96. The maximum Gasteiger partial charge on any atom is 0.0468 e.